The lowest BCUT2D eigenvalue weighted by Crippen LogP contribution is -1.89. The van der Waals surface area contributed by atoms with E-state index in [1.54, 1.807) is 12.3 Å². The summed E-state index contributed by atoms with van der Waals surface area (Å²) in [5.41, 5.74) is 6.19. The summed E-state index contributed by atoms with van der Waals surface area (Å²) in [4.78, 5) is 4.01. The lowest BCUT2D eigenvalue weighted by Gasteiger charge is -2.02. The predicted molar refractivity (Wildman–Crippen MR) is 61.2 cm³/mol. The number of anilines is 3. The monoisotopic (exact) mass is 243 g/mol. The maximum Gasteiger partial charge on any atom is 0.189 e. The molecule has 1 aromatic carbocycles. The van der Waals surface area contributed by atoms with Crippen LogP contribution >= 0.6 is 22.9 Å². The first-order chi connectivity index (χ1) is 7.15. The van der Waals surface area contributed by atoms with E-state index in [0.717, 1.165) is 0 Å². The Morgan fingerprint density at radius 2 is 2.27 bits per heavy atom. The molecule has 0 spiro atoms. The van der Waals surface area contributed by atoms with Gasteiger partial charge in [-0.2, -0.15) is 0 Å². The second-order valence-corrected chi connectivity index (χ2v) is 4.29. The standard InChI is InChI=1S/C9H7ClFN3S/c10-6-3-5(1-2-7(6)11)14-9-13-4-8(12)15-9/h1-4H,12H2,(H,13,14). The lowest BCUT2D eigenvalue weighted by molar-refractivity contribution is 0.628. The molecule has 0 atom stereocenters. The fraction of sp³-hybridized carbons (Fsp3) is 0. The number of nitrogen functional groups attached to an aromatic ring is 1. The van der Waals surface area contributed by atoms with Crippen LogP contribution < -0.4 is 11.1 Å². The Labute approximate surface area is 94.7 Å². The number of hydrogen-bond donors (Lipinski definition) is 2. The number of benzene rings is 1. The van der Waals surface area contributed by atoms with Crippen LogP contribution in [-0.4, -0.2) is 4.98 Å². The molecule has 1 aromatic heterocycles. The van der Waals surface area contributed by atoms with E-state index >= 15 is 0 Å². The number of nitrogens with two attached hydrogens (primary N) is 1. The summed E-state index contributed by atoms with van der Waals surface area (Å²) in [5, 5.41) is 4.31. The molecule has 2 aromatic rings. The summed E-state index contributed by atoms with van der Waals surface area (Å²) < 4.78 is 12.8. The molecular weight excluding hydrogens is 237 g/mol. The van der Waals surface area contributed by atoms with E-state index in [2.05, 4.69) is 10.3 Å². The van der Waals surface area contributed by atoms with Crippen molar-refractivity contribution in [2.45, 2.75) is 0 Å². The highest BCUT2D eigenvalue weighted by molar-refractivity contribution is 7.19. The van der Waals surface area contributed by atoms with E-state index in [1.807, 2.05) is 0 Å². The number of nitrogens with zero attached hydrogens (tertiary/aromatic N) is 1. The molecule has 3 N–H and O–H groups in total. The van der Waals surface area contributed by atoms with Gasteiger partial charge in [-0.3, -0.25) is 0 Å². The number of nitrogens with one attached hydrogen (secondary N) is 1. The number of rotatable bonds is 2. The molecule has 1 heterocycles. The Morgan fingerprint density at radius 3 is 2.87 bits per heavy atom. The van der Waals surface area contributed by atoms with Gasteiger partial charge in [0.2, 0.25) is 0 Å². The summed E-state index contributed by atoms with van der Waals surface area (Å²) in [7, 11) is 0. The summed E-state index contributed by atoms with van der Waals surface area (Å²) >= 11 is 6.94. The quantitative estimate of drug-likeness (QED) is 0.851. The molecule has 0 unspecified atom stereocenters. The molecule has 0 fully saturated rings. The molecule has 0 aliphatic carbocycles. The summed E-state index contributed by atoms with van der Waals surface area (Å²) in [5.74, 6) is -0.444. The molecule has 6 heteroatoms. The van der Waals surface area contributed by atoms with Crippen molar-refractivity contribution in [2.24, 2.45) is 0 Å². The highest BCUT2D eigenvalue weighted by Gasteiger charge is 2.03. The van der Waals surface area contributed by atoms with Crippen molar-refractivity contribution in [3.05, 3.63) is 35.2 Å². The number of aromatic nitrogens is 1. The average molecular weight is 244 g/mol. The Hall–Kier alpha value is -1.33. The SMILES string of the molecule is Nc1cnc(Nc2ccc(F)c(Cl)c2)s1. The van der Waals surface area contributed by atoms with E-state index < -0.39 is 5.82 Å². The lowest BCUT2D eigenvalue weighted by atomic mass is 10.3. The molecular formula is C9H7ClFN3S. The van der Waals surface area contributed by atoms with Gasteiger partial charge in [0.15, 0.2) is 5.13 Å². The largest absolute Gasteiger partial charge is 0.389 e. The van der Waals surface area contributed by atoms with Gasteiger partial charge >= 0.3 is 0 Å². The van der Waals surface area contributed by atoms with E-state index in [0.29, 0.717) is 15.8 Å². The molecule has 0 radical (unpaired) electrons. The molecule has 0 bridgehead atoms. The fourth-order valence-corrected chi connectivity index (χ4v) is 1.83. The topological polar surface area (TPSA) is 50.9 Å². The van der Waals surface area contributed by atoms with Gasteiger partial charge in [0.1, 0.15) is 10.8 Å². The van der Waals surface area contributed by atoms with Crippen LogP contribution in [-0.2, 0) is 0 Å². The van der Waals surface area contributed by atoms with Crippen LogP contribution in [0.15, 0.2) is 24.4 Å². The molecule has 0 amide bonds. The van der Waals surface area contributed by atoms with Gasteiger partial charge in [-0.25, -0.2) is 9.37 Å². The Kier molecular flexibility index (Phi) is 2.75. The first-order valence-corrected chi connectivity index (χ1v) is 5.28. The van der Waals surface area contributed by atoms with Crippen molar-refractivity contribution in [3.8, 4) is 0 Å². The number of thiazole rings is 1. The molecule has 0 aliphatic rings. The molecule has 15 heavy (non-hydrogen) atoms. The van der Waals surface area contributed by atoms with E-state index in [4.69, 9.17) is 17.3 Å². The van der Waals surface area contributed by atoms with Crippen molar-refractivity contribution in [2.75, 3.05) is 11.1 Å². The second-order valence-electron chi connectivity index (χ2n) is 2.82. The minimum absolute atomic E-state index is 0.0736. The van der Waals surface area contributed by atoms with E-state index in [9.17, 15) is 4.39 Å². The zero-order valence-corrected chi connectivity index (χ0v) is 9.07. The van der Waals surface area contributed by atoms with Crippen LogP contribution in [0.1, 0.15) is 0 Å². The molecule has 78 valence electrons. The second kappa shape index (κ2) is 4.04. The number of hydrogen-bond acceptors (Lipinski definition) is 4. The van der Waals surface area contributed by atoms with Crippen LogP contribution in [0.2, 0.25) is 5.02 Å². The molecule has 0 aliphatic heterocycles. The minimum Gasteiger partial charge on any atom is -0.389 e. The minimum atomic E-state index is -0.444. The molecule has 3 nitrogen and oxygen atoms in total. The smallest absolute Gasteiger partial charge is 0.189 e. The third-order valence-electron chi connectivity index (χ3n) is 1.69. The average Bonchev–Trinajstić information content (AvgIpc) is 2.58. The van der Waals surface area contributed by atoms with Gasteiger partial charge < -0.3 is 11.1 Å². The van der Waals surface area contributed by atoms with Crippen LogP contribution in [0.5, 0.6) is 0 Å². The van der Waals surface area contributed by atoms with Crippen LogP contribution in [0, 0.1) is 5.82 Å². The molecule has 0 saturated carbocycles. The van der Waals surface area contributed by atoms with Gasteiger partial charge in [0.25, 0.3) is 0 Å². The van der Waals surface area contributed by atoms with Gasteiger partial charge in [0, 0.05) is 5.69 Å². The number of halogens is 2. The normalized spacial score (nSPS) is 10.3. The maximum absolute atomic E-state index is 12.8. The van der Waals surface area contributed by atoms with Crippen molar-refractivity contribution in [1.29, 1.82) is 0 Å². The van der Waals surface area contributed by atoms with E-state index in [1.165, 1.54) is 23.5 Å². The molecule has 2 rings (SSSR count). The third kappa shape index (κ3) is 2.37. The van der Waals surface area contributed by atoms with Gasteiger partial charge in [-0.05, 0) is 18.2 Å². The van der Waals surface area contributed by atoms with Gasteiger partial charge in [0.05, 0.1) is 11.2 Å². The summed E-state index contributed by atoms with van der Waals surface area (Å²) in [6.45, 7) is 0. The Balaban J connectivity index is 2.21. The Morgan fingerprint density at radius 1 is 1.47 bits per heavy atom. The highest BCUT2D eigenvalue weighted by Crippen LogP contribution is 2.26. The predicted octanol–water partition coefficient (Wildman–Crippen LogP) is 3.26. The van der Waals surface area contributed by atoms with Crippen LogP contribution in [0.25, 0.3) is 0 Å². The van der Waals surface area contributed by atoms with Crippen molar-refractivity contribution >= 4 is 38.8 Å². The third-order valence-corrected chi connectivity index (χ3v) is 2.73. The van der Waals surface area contributed by atoms with Crippen LogP contribution in [0.4, 0.5) is 20.2 Å². The Bertz CT molecular complexity index is 486. The van der Waals surface area contributed by atoms with Gasteiger partial charge in [-0.1, -0.05) is 22.9 Å². The van der Waals surface area contributed by atoms with Crippen molar-refractivity contribution in [3.63, 3.8) is 0 Å². The molecule has 0 saturated heterocycles. The van der Waals surface area contributed by atoms with Crippen LogP contribution in [0.3, 0.4) is 0 Å². The highest BCUT2D eigenvalue weighted by atomic mass is 35.5. The van der Waals surface area contributed by atoms with Crippen molar-refractivity contribution < 1.29 is 4.39 Å². The van der Waals surface area contributed by atoms with Crippen molar-refractivity contribution in [1.82, 2.24) is 4.98 Å². The van der Waals surface area contributed by atoms with Gasteiger partial charge in [-0.15, -0.1) is 0 Å². The van der Waals surface area contributed by atoms with E-state index in [-0.39, 0.29) is 5.02 Å². The zero-order chi connectivity index (χ0) is 10.8. The first-order valence-electron chi connectivity index (χ1n) is 4.08. The fourth-order valence-electron chi connectivity index (χ4n) is 1.04. The first kappa shape index (κ1) is 10.2. The summed E-state index contributed by atoms with van der Waals surface area (Å²) in [6.07, 6.45) is 1.55. The zero-order valence-electron chi connectivity index (χ0n) is 7.50. The maximum atomic E-state index is 12.8. The summed E-state index contributed by atoms with van der Waals surface area (Å²) in [6, 6.07) is 4.37.